The Morgan fingerprint density at radius 1 is 0.909 bits per heavy atom. The number of aromatic nitrogens is 1. The van der Waals surface area contributed by atoms with E-state index in [0.717, 1.165) is 10.6 Å². The van der Waals surface area contributed by atoms with E-state index >= 15 is 0 Å². The van der Waals surface area contributed by atoms with Crippen LogP contribution >= 0.6 is 0 Å². The van der Waals surface area contributed by atoms with Crippen molar-refractivity contribution in [3.05, 3.63) is 76.8 Å². The summed E-state index contributed by atoms with van der Waals surface area (Å²) in [5, 5.41) is 36.9. The first-order chi connectivity index (χ1) is 15.5. The molecule has 1 aromatic carbocycles. The van der Waals surface area contributed by atoms with E-state index in [-0.39, 0.29) is 17.3 Å². The SMILES string of the molecule is O=c1c(S(=O)(=O)O)c(O)c2c(=O)c3ccccc3c(=O)c=2c1=Nc1cc(O)n(CCO)c1O. The predicted molar refractivity (Wildman–Crippen MR) is 112 cm³/mol. The standard InChI is InChI=1S/C20H14N2O10S/c23-6-5-22-11(24)7-10(20(22)29)21-14-12-13(17(27)19(18(14)28)33(30,31)32)16(26)9-4-2-1-3-8(9)15(12)25/h1-4,7,23-24,27,29H,5-6H2,(H,30,31,32). The molecule has 0 saturated heterocycles. The minimum atomic E-state index is -5.39. The van der Waals surface area contributed by atoms with Crippen LogP contribution in [-0.4, -0.2) is 44.6 Å². The van der Waals surface area contributed by atoms with Gasteiger partial charge in [-0.05, 0) is 0 Å². The molecule has 0 spiro atoms. The van der Waals surface area contributed by atoms with Crippen molar-refractivity contribution in [2.45, 2.75) is 11.4 Å². The van der Waals surface area contributed by atoms with Gasteiger partial charge in [0.05, 0.1) is 23.6 Å². The summed E-state index contributed by atoms with van der Waals surface area (Å²) in [6, 6.07) is 6.26. The summed E-state index contributed by atoms with van der Waals surface area (Å²) in [7, 11) is -5.39. The molecule has 0 unspecified atom stereocenters. The second kappa shape index (κ2) is 7.51. The Labute approximate surface area is 182 Å². The zero-order valence-corrected chi connectivity index (χ0v) is 17.2. The summed E-state index contributed by atoms with van der Waals surface area (Å²) in [6.45, 7) is -0.764. The smallest absolute Gasteiger partial charge is 0.302 e. The summed E-state index contributed by atoms with van der Waals surface area (Å²) in [6.07, 6.45) is 0. The van der Waals surface area contributed by atoms with Gasteiger partial charge in [-0.2, -0.15) is 8.42 Å². The maximum absolute atomic E-state index is 13.2. The summed E-state index contributed by atoms with van der Waals surface area (Å²) < 4.78 is 34.0. The normalized spacial score (nSPS) is 12.7. The van der Waals surface area contributed by atoms with Crippen LogP contribution in [0.25, 0.3) is 10.8 Å². The summed E-state index contributed by atoms with van der Waals surface area (Å²) >= 11 is 0. The minimum absolute atomic E-state index is 0.144. The lowest BCUT2D eigenvalue weighted by atomic mass is 10.0. The highest BCUT2D eigenvalue weighted by Crippen LogP contribution is 2.34. The molecule has 2 aromatic rings. The number of rotatable bonds is 4. The number of aliphatic hydroxyl groups is 1. The number of benzene rings is 1. The van der Waals surface area contributed by atoms with Crippen molar-refractivity contribution in [2.75, 3.05) is 6.61 Å². The molecule has 0 saturated carbocycles. The molecule has 0 radical (unpaired) electrons. The van der Waals surface area contributed by atoms with E-state index < -0.39 is 76.9 Å². The number of hydrogen-bond acceptors (Lipinski definition) is 10. The van der Waals surface area contributed by atoms with E-state index in [9.17, 15) is 42.7 Å². The molecule has 0 atom stereocenters. The van der Waals surface area contributed by atoms with Gasteiger partial charge in [-0.1, -0.05) is 24.3 Å². The molecule has 2 aliphatic rings. The lowest BCUT2D eigenvalue weighted by molar-refractivity contribution is 0.256. The molecule has 1 heterocycles. The van der Waals surface area contributed by atoms with E-state index in [1.54, 1.807) is 0 Å². The fraction of sp³-hybridized carbons (Fsp3) is 0.100. The first-order valence-electron chi connectivity index (χ1n) is 9.18. The molecule has 0 bridgehead atoms. The fourth-order valence-electron chi connectivity index (χ4n) is 3.65. The van der Waals surface area contributed by atoms with Crippen LogP contribution < -0.4 is 21.6 Å². The van der Waals surface area contributed by atoms with Crippen LogP contribution in [0, 0.1) is 10.4 Å². The maximum Gasteiger partial charge on any atom is 0.302 e. The number of hydrogen-bond donors (Lipinski definition) is 5. The van der Waals surface area contributed by atoms with Crippen LogP contribution in [0.1, 0.15) is 0 Å². The topological polar surface area (TPSA) is 204 Å². The number of aliphatic hydroxyl groups excluding tert-OH is 1. The van der Waals surface area contributed by atoms with E-state index in [0.29, 0.717) is 0 Å². The Kier molecular flexibility index (Phi) is 5.04. The second-order valence-electron chi connectivity index (χ2n) is 6.98. The summed E-state index contributed by atoms with van der Waals surface area (Å²) in [5.41, 5.74) is -4.05. The second-order valence-corrected chi connectivity index (χ2v) is 8.34. The van der Waals surface area contributed by atoms with Crippen LogP contribution in [0.5, 0.6) is 17.5 Å². The predicted octanol–water partition coefficient (Wildman–Crippen LogP) is -1.09. The third-order valence-electron chi connectivity index (χ3n) is 5.07. The largest absolute Gasteiger partial charge is 0.506 e. The van der Waals surface area contributed by atoms with Gasteiger partial charge in [-0.3, -0.25) is 23.5 Å². The average Bonchev–Trinajstić information content (AvgIpc) is 3.00. The van der Waals surface area contributed by atoms with Gasteiger partial charge in [0.15, 0.2) is 27.4 Å². The Balaban J connectivity index is 2.39. The molecule has 170 valence electrons. The van der Waals surface area contributed by atoms with Crippen molar-refractivity contribution in [3.8, 4) is 17.5 Å². The lowest BCUT2D eigenvalue weighted by Gasteiger charge is -2.05. The number of nitrogens with zero attached hydrogens (tertiary/aromatic N) is 2. The van der Waals surface area contributed by atoms with E-state index in [4.69, 9.17) is 5.11 Å². The first-order valence-corrected chi connectivity index (χ1v) is 10.6. The highest BCUT2D eigenvalue weighted by molar-refractivity contribution is 7.86. The van der Waals surface area contributed by atoms with E-state index in [2.05, 4.69) is 4.99 Å². The van der Waals surface area contributed by atoms with Gasteiger partial charge in [0, 0.05) is 16.8 Å². The molecule has 12 nitrogen and oxygen atoms in total. The molecule has 0 amide bonds. The highest BCUT2D eigenvalue weighted by Gasteiger charge is 2.27. The number of fused-ring (bicyclic) bond motifs is 1. The quantitative estimate of drug-likeness (QED) is 0.226. The molecule has 0 fully saturated rings. The number of aromatic hydroxyl groups is 3. The minimum Gasteiger partial charge on any atom is -0.506 e. The molecule has 5 N–H and O–H groups in total. The van der Waals surface area contributed by atoms with Crippen molar-refractivity contribution >= 4 is 26.6 Å². The molecule has 13 heteroatoms. The molecular weight excluding hydrogens is 460 g/mol. The lowest BCUT2D eigenvalue weighted by Crippen LogP contribution is -2.36. The van der Waals surface area contributed by atoms with E-state index in [1.807, 2.05) is 0 Å². The van der Waals surface area contributed by atoms with Crippen LogP contribution in [0.2, 0.25) is 0 Å². The Morgan fingerprint density at radius 3 is 2.03 bits per heavy atom. The fourth-order valence-corrected chi connectivity index (χ4v) is 4.33. The Hall–Kier alpha value is -4.07. The van der Waals surface area contributed by atoms with Gasteiger partial charge in [-0.25, -0.2) is 4.99 Å². The van der Waals surface area contributed by atoms with Crippen molar-refractivity contribution in [1.82, 2.24) is 4.57 Å². The van der Waals surface area contributed by atoms with Crippen LogP contribution in [0.15, 0.2) is 54.6 Å². The van der Waals surface area contributed by atoms with Gasteiger partial charge in [-0.15, -0.1) is 0 Å². The van der Waals surface area contributed by atoms with Gasteiger partial charge < -0.3 is 20.4 Å². The highest BCUT2D eigenvalue weighted by atomic mass is 32.2. The molecule has 4 rings (SSSR count). The van der Waals surface area contributed by atoms with Crippen LogP contribution in [0.4, 0.5) is 5.69 Å². The van der Waals surface area contributed by atoms with Gasteiger partial charge in [0.25, 0.3) is 0 Å². The Morgan fingerprint density at radius 2 is 1.48 bits per heavy atom. The van der Waals surface area contributed by atoms with Gasteiger partial charge in [0.1, 0.15) is 11.0 Å². The third-order valence-corrected chi connectivity index (χ3v) is 5.97. The summed E-state index contributed by atoms with van der Waals surface area (Å²) in [4.78, 5) is 41.4. The van der Waals surface area contributed by atoms with E-state index in [1.165, 1.54) is 24.3 Å². The van der Waals surface area contributed by atoms with Crippen LogP contribution in [-0.2, 0) is 16.7 Å². The monoisotopic (exact) mass is 474 g/mol. The average molecular weight is 474 g/mol. The van der Waals surface area contributed by atoms with Crippen molar-refractivity contribution in [2.24, 2.45) is 4.99 Å². The van der Waals surface area contributed by atoms with Gasteiger partial charge >= 0.3 is 10.1 Å². The van der Waals surface area contributed by atoms with Crippen molar-refractivity contribution < 1.29 is 33.4 Å². The molecule has 1 aromatic heterocycles. The van der Waals surface area contributed by atoms with Crippen molar-refractivity contribution in [1.29, 1.82) is 0 Å². The zero-order valence-electron chi connectivity index (χ0n) is 16.4. The van der Waals surface area contributed by atoms with Crippen LogP contribution in [0.3, 0.4) is 0 Å². The van der Waals surface area contributed by atoms with Gasteiger partial charge in [0.2, 0.25) is 11.3 Å². The third kappa shape index (κ3) is 3.26. The zero-order chi connectivity index (χ0) is 24.2. The maximum atomic E-state index is 13.2. The summed E-state index contributed by atoms with van der Waals surface area (Å²) in [5.74, 6) is -2.73. The molecule has 33 heavy (non-hydrogen) atoms. The molecule has 0 aliphatic heterocycles. The van der Waals surface area contributed by atoms with Crippen molar-refractivity contribution in [3.63, 3.8) is 0 Å². The molecular formula is C20H14N2O10S. The Bertz CT molecular complexity index is 1850. The first kappa shape index (κ1) is 22.1. The molecule has 2 aliphatic carbocycles.